The van der Waals surface area contributed by atoms with E-state index in [-0.39, 0.29) is 5.41 Å². The van der Waals surface area contributed by atoms with Crippen molar-refractivity contribution >= 4 is 0 Å². The molecule has 0 unspecified atom stereocenters. The van der Waals surface area contributed by atoms with E-state index >= 15 is 0 Å². The van der Waals surface area contributed by atoms with Gasteiger partial charge in [0.2, 0.25) is 0 Å². The summed E-state index contributed by atoms with van der Waals surface area (Å²) in [4.78, 5) is 0. The molecule has 0 aliphatic heterocycles. The molecule has 0 amide bonds. The van der Waals surface area contributed by atoms with Crippen LogP contribution >= 0.6 is 0 Å². The largest absolute Gasteiger partial charge is 0.359 e. The van der Waals surface area contributed by atoms with Crippen molar-refractivity contribution in [2.45, 2.75) is 39.0 Å². The Morgan fingerprint density at radius 1 is 1.62 bits per heavy atom. The van der Waals surface area contributed by atoms with Gasteiger partial charge >= 0.3 is 0 Å². The second-order valence-corrected chi connectivity index (χ2v) is 3.81. The summed E-state index contributed by atoms with van der Waals surface area (Å²) < 4.78 is 5.10. The lowest BCUT2D eigenvalue weighted by molar-refractivity contribution is 0.302. The summed E-state index contributed by atoms with van der Waals surface area (Å²) >= 11 is 0. The summed E-state index contributed by atoms with van der Waals surface area (Å²) in [5, 5.41) is 12.4. The molecular formula is C10H14N2O. The van der Waals surface area contributed by atoms with Crippen molar-refractivity contribution in [1.29, 1.82) is 5.26 Å². The highest BCUT2D eigenvalue weighted by atomic mass is 16.5. The van der Waals surface area contributed by atoms with Gasteiger partial charge in [-0.25, -0.2) is 0 Å². The molecule has 0 N–H and O–H groups in total. The van der Waals surface area contributed by atoms with E-state index in [1.54, 1.807) is 0 Å². The first-order valence-electron chi connectivity index (χ1n) is 4.47. The highest BCUT2D eigenvalue weighted by Crippen LogP contribution is 2.30. The second kappa shape index (κ2) is 3.61. The maximum absolute atomic E-state index is 8.79. The van der Waals surface area contributed by atoms with Crippen LogP contribution in [0.2, 0.25) is 0 Å². The van der Waals surface area contributed by atoms with Gasteiger partial charge in [0, 0.05) is 5.41 Å². The molecule has 0 bridgehead atoms. The lowest BCUT2D eigenvalue weighted by Crippen LogP contribution is -2.16. The molecule has 0 aliphatic carbocycles. The average molecular weight is 178 g/mol. The first-order chi connectivity index (χ1) is 6.11. The van der Waals surface area contributed by atoms with E-state index in [1.807, 2.05) is 0 Å². The fraction of sp³-hybridized carbons (Fsp3) is 0.600. The summed E-state index contributed by atoms with van der Waals surface area (Å²) in [7, 11) is 0. The summed E-state index contributed by atoms with van der Waals surface area (Å²) in [5.74, 6) is 0.705. The number of hydrogen-bond donors (Lipinski definition) is 0. The standard InChI is InChI=1S/C10H14N2O/c1-4-5-10(2,3)9-8(6-11)7-12-13-9/h7H,4-5H2,1-3H3. The molecule has 0 saturated carbocycles. The van der Waals surface area contributed by atoms with Gasteiger partial charge < -0.3 is 4.52 Å². The van der Waals surface area contributed by atoms with Gasteiger partial charge in [0.1, 0.15) is 11.6 Å². The van der Waals surface area contributed by atoms with Crippen molar-refractivity contribution in [3.05, 3.63) is 17.5 Å². The van der Waals surface area contributed by atoms with E-state index < -0.39 is 0 Å². The van der Waals surface area contributed by atoms with Crippen LogP contribution in [-0.2, 0) is 5.41 Å². The lowest BCUT2D eigenvalue weighted by atomic mass is 9.84. The van der Waals surface area contributed by atoms with Crippen LogP contribution in [0.5, 0.6) is 0 Å². The van der Waals surface area contributed by atoms with Crippen LogP contribution in [-0.4, -0.2) is 5.16 Å². The number of nitrogens with zero attached hydrogens (tertiary/aromatic N) is 2. The summed E-state index contributed by atoms with van der Waals surface area (Å²) in [6.07, 6.45) is 3.54. The SMILES string of the molecule is CCCC(C)(C)c1oncc1C#N. The molecule has 1 rings (SSSR count). The average Bonchev–Trinajstić information content (AvgIpc) is 2.51. The Balaban J connectivity index is 3.00. The normalized spacial score (nSPS) is 11.2. The van der Waals surface area contributed by atoms with Gasteiger partial charge in [-0.1, -0.05) is 32.3 Å². The van der Waals surface area contributed by atoms with Crippen molar-refractivity contribution in [2.75, 3.05) is 0 Å². The monoisotopic (exact) mass is 178 g/mol. The fourth-order valence-electron chi connectivity index (χ4n) is 1.55. The molecule has 0 aromatic carbocycles. The van der Waals surface area contributed by atoms with Crippen LogP contribution in [0.15, 0.2) is 10.7 Å². The molecule has 1 aromatic rings. The van der Waals surface area contributed by atoms with E-state index in [0.717, 1.165) is 12.8 Å². The third-order valence-electron chi connectivity index (χ3n) is 2.18. The van der Waals surface area contributed by atoms with E-state index in [2.05, 4.69) is 32.0 Å². The molecule has 1 aromatic heterocycles. The van der Waals surface area contributed by atoms with Crippen molar-refractivity contribution in [3.63, 3.8) is 0 Å². The molecule has 3 nitrogen and oxygen atoms in total. The van der Waals surface area contributed by atoms with Crippen LogP contribution in [0.1, 0.15) is 44.9 Å². The Hall–Kier alpha value is -1.30. The quantitative estimate of drug-likeness (QED) is 0.714. The zero-order chi connectivity index (χ0) is 9.90. The predicted octanol–water partition coefficient (Wildman–Crippen LogP) is 2.62. The Labute approximate surface area is 78.3 Å². The van der Waals surface area contributed by atoms with Gasteiger partial charge in [-0.15, -0.1) is 0 Å². The molecule has 1 heterocycles. The maximum atomic E-state index is 8.79. The van der Waals surface area contributed by atoms with Gasteiger partial charge in [-0.3, -0.25) is 0 Å². The molecule has 70 valence electrons. The Morgan fingerprint density at radius 3 is 2.85 bits per heavy atom. The maximum Gasteiger partial charge on any atom is 0.160 e. The van der Waals surface area contributed by atoms with Gasteiger partial charge in [-0.05, 0) is 6.42 Å². The van der Waals surface area contributed by atoms with Crippen LogP contribution in [0.25, 0.3) is 0 Å². The van der Waals surface area contributed by atoms with Crippen LogP contribution < -0.4 is 0 Å². The molecule has 0 aliphatic rings. The zero-order valence-electron chi connectivity index (χ0n) is 8.29. The highest BCUT2D eigenvalue weighted by molar-refractivity contribution is 5.32. The minimum Gasteiger partial charge on any atom is -0.359 e. The number of hydrogen-bond acceptors (Lipinski definition) is 3. The van der Waals surface area contributed by atoms with Gasteiger partial charge in [-0.2, -0.15) is 5.26 Å². The van der Waals surface area contributed by atoms with E-state index in [1.165, 1.54) is 6.20 Å². The number of rotatable bonds is 3. The third kappa shape index (κ3) is 1.89. The molecule has 13 heavy (non-hydrogen) atoms. The molecule has 0 fully saturated rings. The van der Waals surface area contributed by atoms with E-state index in [0.29, 0.717) is 11.3 Å². The molecule has 0 radical (unpaired) electrons. The topological polar surface area (TPSA) is 49.8 Å². The van der Waals surface area contributed by atoms with Gasteiger partial charge in [0.05, 0.1) is 6.20 Å². The van der Waals surface area contributed by atoms with Crippen molar-refractivity contribution in [1.82, 2.24) is 5.16 Å². The molecular weight excluding hydrogens is 164 g/mol. The molecule has 3 heteroatoms. The Kier molecular flexibility index (Phi) is 2.72. The van der Waals surface area contributed by atoms with Gasteiger partial charge in [0.25, 0.3) is 0 Å². The van der Waals surface area contributed by atoms with E-state index in [9.17, 15) is 0 Å². The second-order valence-electron chi connectivity index (χ2n) is 3.81. The summed E-state index contributed by atoms with van der Waals surface area (Å²) in [5.41, 5.74) is 0.467. The van der Waals surface area contributed by atoms with Crippen LogP contribution in [0.4, 0.5) is 0 Å². The van der Waals surface area contributed by atoms with E-state index in [4.69, 9.17) is 9.78 Å². The lowest BCUT2D eigenvalue weighted by Gasteiger charge is -2.20. The minimum absolute atomic E-state index is 0.0870. The van der Waals surface area contributed by atoms with Crippen LogP contribution in [0, 0.1) is 11.3 Å². The fourth-order valence-corrected chi connectivity index (χ4v) is 1.55. The number of aromatic nitrogens is 1. The Morgan fingerprint density at radius 2 is 2.31 bits per heavy atom. The highest BCUT2D eigenvalue weighted by Gasteiger charge is 2.27. The molecule has 0 saturated heterocycles. The van der Waals surface area contributed by atoms with Crippen LogP contribution in [0.3, 0.4) is 0 Å². The first-order valence-corrected chi connectivity index (χ1v) is 4.47. The third-order valence-corrected chi connectivity index (χ3v) is 2.18. The zero-order valence-corrected chi connectivity index (χ0v) is 8.29. The first kappa shape index (κ1) is 9.79. The molecule has 0 spiro atoms. The molecule has 0 atom stereocenters. The Bertz CT molecular complexity index is 320. The predicted molar refractivity (Wildman–Crippen MR) is 49.2 cm³/mol. The van der Waals surface area contributed by atoms with Crippen molar-refractivity contribution in [2.24, 2.45) is 0 Å². The number of nitriles is 1. The smallest absolute Gasteiger partial charge is 0.160 e. The summed E-state index contributed by atoms with van der Waals surface area (Å²) in [6.45, 7) is 6.25. The minimum atomic E-state index is -0.0870. The van der Waals surface area contributed by atoms with Gasteiger partial charge in [0.15, 0.2) is 5.76 Å². The van der Waals surface area contributed by atoms with Crippen molar-refractivity contribution < 1.29 is 4.52 Å². The van der Waals surface area contributed by atoms with Crippen molar-refractivity contribution in [3.8, 4) is 6.07 Å². The summed E-state index contributed by atoms with van der Waals surface area (Å²) in [6, 6.07) is 2.08.